The Morgan fingerprint density at radius 2 is 1.93 bits per heavy atom. The van der Waals surface area contributed by atoms with Crippen molar-refractivity contribution in [2.75, 3.05) is 24.4 Å². The van der Waals surface area contributed by atoms with Gasteiger partial charge in [0, 0.05) is 36.1 Å². The molecule has 3 rings (SSSR count). The average molecular weight is 393 g/mol. The predicted octanol–water partition coefficient (Wildman–Crippen LogP) is 3.59. The lowest BCUT2D eigenvalue weighted by molar-refractivity contribution is 0.248. The van der Waals surface area contributed by atoms with Gasteiger partial charge in [0.1, 0.15) is 11.6 Å². The number of aliphatic hydroxyl groups excluding tert-OH is 1. The molecule has 0 saturated heterocycles. The molecule has 0 fully saturated rings. The van der Waals surface area contributed by atoms with Crippen molar-refractivity contribution >= 4 is 11.8 Å². The highest BCUT2D eigenvalue weighted by Crippen LogP contribution is 2.23. The van der Waals surface area contributed by atoms with Crippen LogP contribution in [0, 0.1) is 5.92 Å². The highest BCUT2D eigenvalue weighted by Gasteiger charge is 2.15. The third-order valence-electron chi connectivity index (χ3n) is 4.65. The molecular formula is C22H27N5O2. The van der Waals surface area contributed by atoms with Gasteiger partial charge in [-0.15, -0.1) is 0 Å². The van der Waals surface area contributed by atoms with Crippen LogP contribution in [0.25, 0.3) is 11.3 Å². The van der Waals surface area contributed by atoms with Gasteiger partial charge in [0.25, 0.3) is 0 Å². The number of pyridine rings is 1. The Labute approximate surface area is 171 Å². The fraction of sp³-hybridized carbons (Fsp3) is 0.318. The molecule has 7 nitrogen and oxygen atoms in total. The first kappa shape index (κ1) is 20.5. The molecular weight excluding hydrogens is 366 g/mol. The van der Waals surface area contributed by atoms with Crippen LogP contribution in [0.3, 0.4) is 0 Å². The summed E-state index contributed by atoms with van der Waals surface area (Å²) in [6, 6.07) is 13.4. The van der Waals surface area contributed by atoms with Crippen molar-refractivity contribution in [2.24, 2.45) is 5.92 Å². The first-order valence-corrected chi connectivity index (χ1v) is 9.63. The van der Waals surface area contributed by atoms with Crippen molar-refractivity contribution < 1.29 is 9.84 Å². The Kier molecular flexibility index (Phi) is 6.97. The van der Waals surface area contributed by atoms with Gasteiger partial charge in [0.05, 0.1) is 25.5 Å². The van der Waals surface area contributed by atoms with Gasteiger partial charge in [0.2, 0.25) is 5.95 Å². The second-order valence-corrected chi connectivity index (χ2v) is 7.05. The predicted molar refractivity (Wildman–Crippen MR) is 115 cm³/mol. The van der Waals surface area contributed by atoms with Gasteiger partial charge in [-0.3, -0.25) is 4.98 Å². The van der Waals surface area contributed by atoms with E-state index in [0.29, 0.717) is 18.3 Å². The minimum absolute atomic E-state index is 0.00211. The van der Waals surface area contributed by atoms with Crippen LogP contribution in [0.1, 0.15) is 19.4 Å². The van der Waals surface area contributed by atoms with Gasteiger partial charge >= 0.3 is 0 Å². The minimum atomic E-state index is -0.138. The number of methoxy groups -OCH3 is 1. The van der Waals surface area contributed by atoms with Crippen molar-refractivity contribution in [3.05, 3.63) is 60.4 Å². The van der Waals surface area contributed by atoms with Crippen molar-refractivity contribution in [1.29, 1.82) is 0 Å². The molecule has 2 aromatic heterocycles. The number of ether oxygens (including phenoxy) is 1. The van der Waals surface area contributed by atoms with Crippen LogP contribution in [0.15, 0.2) is 54.9 Å². The molecule has 152 valence electrons. The fourth-order valence-corrected chi connectivity index (χ4v) is 2.89. The normalized spacial score (nSPS) is 11.9. The molecule has 0 radical (unpaired) electrons. The Morgan fingerprint density at radius 1 is 1.10 bits per heavy atom. The monoisotopic (exact) mass is 393 g/mol. The lowest BCUT2D eigenvalue weighted by Gasteiger charge is -2.20. The summed E-state index contributed by atoms with van der Waals surface area (Å²) in [5.41, 5.74) is 2.67. The summed E-state index contributed by atoms with van der Waals surface area (Å²) >= 11 is 0. The number of aliphatic hydroxyl groups is 1. The number of rotatable bonds is 9. The first-order valence-electron chi connectivity index (χ1n) is 9.63. The molecule has 0 aliphatic carbocycles. The number of aromatic nitrogens is 3. The molecule has 0 amide bonds. The zero-order valence-electron chi connectivity index (χ0n) is 17.0. The summed E-state index contributed by atoms with van der Waals surface area (Å²) in [6.07, 6.45) is 3.49. The van der Waals surface area contributed by atoms with Crippen molar-refractivity contribution in [3.63, 3.8) is 0 Å². The van der Waals surface area contributed by atoms with Crippen LogP contribution in [0.4, 0.5) is 11.8 Å². The lowest BCUT2D eigenvalue weighted by atomic mass is 10.1. The second kappa shape index (κ2) is 9.84. The molecule has 3 aromatic rings. The molecule has 0 spiro atoms. The summed E-state index contributed by atoms with van der Waals surface area (Å²) in [7, 11) is 1.66. The summed E-state index contributed by atoms with van der Waals surface area (Å²) in [4.78, 5) is 13.4. The number of anilines is 2. The number of nitrogens with one attached hydrogen (secondary N) is 2. The molecule has 0 unspecified atom stereocenters. The quantitative estimate of drug-likeness (QED) is 0.512. The maximum atomic E-state index is 9.67. The highest BCUT2D eigenvalue weighted by atomic mass is 16.5. The zero-order valence-corrected chi connectivity index (χ0v) is 17.0. The van der Waals surface area contributed by atoms with Gasteiger partial charge < -0.3 is 20.5 Å². The Hall–Kier alpha value is -3.19. The van der Waals surface area contributed by atoms with Crippen LogP contribution >= 0.6 is 0 Å². The van der Waals surface area contributed by atoms with Crippen LogP contribution in [0.2, 0.25) is 0 Å². The van der Waals surface area contributed by atoms with E-state index in [1.165, 1.54) is 0 Å². The van der Waals surface area contributed by atoms with Gasteiger partial charge in [-0.2, -0.15) is 4.98 Å². The molecule has 0 saturated carbocycles. The maximum Gasteiger partial charge on any atom is 0.225 e. The SMILES string of the molecule is COc1ccccc1CNc1cc(-c2cccnc2)nc(N[C@@H](CO)C(C)C)n1. The largest absolute Gasteiger partial charge is 0.496 e. The van der Waals surface area contributed by atoms with Gasteiger partial charge in [-0.05, 0) is 24.1 Å². The van der Waals surface area contributed by atoms with E-state index in [2.05, 4.69) is 25.6 Å². The number of para-hydroxylation sites is 1. The molecule has 1 atom stereocenters. The number of benzene rings is 1. The molecule has 29 heavy (non-hydrogen) atoms. The van der Waals surface area contributed by atoms with E-state index in [1.807, 2.05) is 56.3 Å². The summed E-state index contributed by atoms with van der Waals surface area (Å²) < 4.78 is 5.42. The van der Waals surface area contributed by atoms with Crippen molar-refractivity contribution in [3.8, 4) is 17.0 Å². The van der Waals surface area contributed by atoms with Gasteiger partial charge in [0.15, 0.2) is 0 Å². The van der Waals surface area contributed by atoms with Gasteiger partial charge in [-0.1, -0.05) is 32.0 Å². The standard InChI is InChI=1S/C22H27N5O2/c1-15(2)19(14-28)26-22-25-18(16-8-6-10-23-12-16)11-21(27-22)24-13-17-7-4-5-9-20(17)29-3/h4-12,15,19,28H,13-14H2,1-3H3,(H2,24,25,26,27)/t19-/m0/s1. The van der Waals surface area contributed by atoms with E-state index in [0.717, 1.165) is 22.6 Å². The highest BCUT2D eigenvalue weighted by molar-refractivity contribution is 5.63. The summed E-state index contributed by atoms with van der Waals surface area (Å²) in [5.74, 6) is 2.19. The van der Waals surface area contributed by atoms with E-state index >= 15 is 0 Å². The van der Waals surface area contributed by atoms with Crippen LogP contribution < -0.4 is 15.4 Å². The maximum absolute atomic E-state index is 9.67. The second-order valence-electron chi connectivity index (χ2n) is 7.05. The summed E-state index contributed by atoms with van der Waals surface area (Å²) in [5, 5.41) is 16.3. The summed E-state index contributed by atoms with van der Waals surface area (Å²) in [6.45, 7) is 4.64. The average Bonchev–Trinajstić information content (AvgIpc) is 2.76. The van der Waals surface area contributed by atoms with Crippen molar-refractivity contribution in [1.82, 2.24) is 15.0 Å². The van der Waals surface area contributed by atoms with E-state index in [4.69, 9.17) is 4.74 Å². The minimum Gasteiger partial charge on any atom is -0.496 e. The third-order valence-corrected chi connectivity index (χ3v) is 4.65. The molecule has 0 aliphatic heterocycles. The molecule has 3 N–H and O–H groups in total. The Morgan fingerprint density at radius 3 is 2.62 bits per heavy atom. The van der Waals surface area contributed by atoms with E-state index in [-0.39, 0.29) is 18.6 Å². The van der Waals surface area contributed by atoms with E-state index < -0.39 is 0 Å². The Balaban J connectivity index is 1.89. The zero-order chi connectivity index (χ0) is 20.6. The van der Waals surface area contributed by atoms with Gasteiger partial charge in [-0.25, -0.2) is 4.98 Å². The third kappa shape index (κ3) is 5.42. The van der Waals surface area contributed by atoms with E-state index in [1.54, 1.807) is 19.5 Å². The van der Waals surface area contributed by atoms with Crippen LogP contribution in [-0.2, 0) is 6.54 Å². The van der Waals surface area contributed by atoms with Crippen molar-refractivity contribution in [2.45, 2.75) is 26.4 Å². The molecule has 1 aromatic carbocycles. The van der Waals surface area contributed by atoms with Crippen LogP contribution in [0.5, 0.6) is 5.75 Å². The molecule has 7 heteroatoms. The number of hydrogen-bond acceptors (Lipinski definition) is 7. The number of nitrogens with zero attached hydrogens (tertiary/aromatic N) is 3. The topological polar surface area (TPSA) is 92.2 Å². The molecule has 2 heterocycles. The number of hydrogen-bond donors (Lipinski definition) is 3. The van der Waals surface area contributed by atoms with E-state index in [9.17, 15) is 5.11 Å². The Bertz CT molecular complexity index is 918. The fourth-order valence-electron chi connectivity index (χ4n) is 2.89. The molecule has 0 bridgehead atoms. The lowest BCUT2D eigenvalue weighted by Crippen LogP contribution is -2.30. The smallest absolute Gasteiger partial charge is 0.225 e. The first-order chi connectivity index (χ1) is 14.1. The van der Waals surface area contributed by atoms with Crippen LogP contribution in [-0.4, -0.2) is 39.8 Å². The molecule has 0 aliphatic rings.